The van der Waals surface area contributed by atoms with Gasteiger partial charge in [-0.05, 0) is 57.5 Å². The molecule has 1 aliphatic carbocycles. The van der Waals surface area contributed by atoms with Gasteiger partial charge in [0, 0.05) is 23.7 Å². The molecule has 1 saturated heterocycles. The van der Waals surface area contributed by atoms with Crippen LogP contribution in [0, 0.1) is 5.41 Å². The van der Waals surface area contributed by atoms with Gasteiger partial charge in [-0.3, -0.25) is 5.10 Å². The molecule has 0 atom stereocenters. The highest BCUT2D eigenvalue weighted by Crippen LogP contribution is 2.49. The molecule has 0 radical (unpaired) electrons. The third kappa shape index (κ3) is 4.02. The fourth-order valence-electron chi connectivity index (χ4n) is 4.67. The molecule has 136 valence electrons. The van der Waals surface area contributed by atoms with Crippen molar-refractivity contribution >= 4 is 0 Å². The molecule has 0 aromatic carbocycles. The van der Waals surface area contributed by atoms with Crippen molar-refractivity contribution in [2.75, 3.05) is 20.2 Å². The lowest BCUT2D eigenvalue weighted by molar-refractivity contribution is -0.0296. The third-order valence-corrected chi connectivity index (χ3v) is 5.96. The van der Waals surface area contributed by atoms with Crippen LogP contribution in [0.15, 0.2) is 6.20 Å². The summed E-state index contributed by atoms with van der Waals surface area (Å²) >= 11 is 0. The summed E-state index contributed by atoms with van der Waals surface area (Å²) < 4.78 is 6.27. The second-order valence-corrected chi connectivity index (χ2v) is 8.99. The number of ether oxygens (including phenoxy) is 1. The Morgan fingerprint density at radius 1 is 1.33 bits per heavy atom. The van der Waals surface area contributed by atoms with E-state index in [9.17, 15) is 0 Å². The molecule has 3 rings (SSSR count). The molecule has 1 N–H and O–H groups in total. The van der Waals surface area contributed by atoms with Crippen LogP contribution in [0.3, 0.4) is 0 Å². The molecule has 4 nitrogen and oxygen atoms in total. The lowest BCUT2D eigenvalue weighted by Gasteiger charge is -2.37. The summed E-state index contributed by atoms with van der Waals surface area (Å²) in [6, 6.07) is 0. The van der Waals surface area contributed by atoms with Crippen molar-refractivity contribution in [3.63, 3.8) is 0 Å². The van der Waals surface area contributed by atoms with E-state index in [1.54, 1.807) is 0 Å². The maximum absolute atomic E-state index is 6.27. The van der Waals surface area contributed by atoms with E-state index in [2.05, 4.69) is 42.9 Å². The van der Waals surface area contributed by atoms with Gasteiger partial charge in [0.05, 0.1) is 18.4 Å². The largest absolute Gasteiger partial charge is 0.374 e. The molecule has 2 aliphatic rings. The Morgan fingerprint density at radius 3 is 2.71 bits per heavy atom. The third-order valence-electron chi connectivity index (χ3n) is 5.96. The molecular formula is C20H35N3O. The Hall–Kier alpha value is -0.870. The van der Waals surface area contributed by atoms with Crippen LogP contribution < -0.4 is 0 Å². The number of H-pyrrole nitrogens is 1. The zero-order valence-electron chi connectivity index (χ0n) is 16.0. The molecule has 1 spiro atoms. The molecule has 0 unspecified atom stereocenters. The first-order valence-electron chi connectivity index (χ1n) is 9.78. The van der Waals surface area contributed by atoms with Crippen LogP contribution in [0.4, 0.5) is 0 Å². The molecule has 2 heterocycles. The molecule has 1 aromatic rings. The number of unbranched alkanes of at least 4 members (excludes halogenated alkanes) is 1. The first kappa shape index (κ1) is 17.9. The van der Waals surface area contributed by atoms with Gasteiger partial charge in [0.1, 0.15) is 0 Å². The minimum absolute atomic E-state index is 0.165. The van der Waals surface area contributed by atoms with E-state index >= 15 is 0 Å². The predicted molar refractivity (Wildman–Crippen MR) is 98.1 cm³/mol. The average Bonchev–Trinajstić information content (AvgIpc) is 3.11. The van der Waals surface area contributed by atoms with Crippen LogP contribution in [-0.2, 0) is 11.3 Å². The first-order valence-corrected chi connectivity index (χ1v) is 9.78. The number of nitrogens with one attached hydrogen (secondary N) is 1. The van der Waals surface area contributed by atoms with Crippen LogP contribution >= 0.6 is 0 Å². The van der Waals surface area contributed by atoms with Crippen molar-refractivity contribution in [3.05, 3.63) is 17.5 Å². The fourth-order valence-corrected chi connectivity index (χ4v) is 4.67. The molecule has 4 heteroatoms. The minimum Gasteiger partial charge on any atom is -0.374 e. The predicted octanol–water partition coefficient (Wildman–Crippen LogP) is 4.48. The van der Waals surface area contributed by atoms with Crippen LogP contribution in [-0.4, -0.2) is 40.9 Å². The SMILES string of the molecule is CCCCN(C)Cc1cn[nH]c1C1CCC2(CC1)CC(C)(C)CO2. The average molecular weight is 334 g/mol. The minimum atomic E-state index is 0.165. The lowest BCUT2D eigenvalue weighted by Crippen LogP contribution is -2.33. The normalized spacial score (nSPS) is 29.6. The Balaban J connectivity index is 1.58. The molecule has 2 fully saturated rings. The van der Waals surface area contributed by atoms with E-state index in [1.807, 2.05) is 6.20 Å². The van der Waals surface area contributed by atoms with Gasteiger partial charge in [-0.1, -0.05) is 27.2 Å². The molecule has 1 aromatic heterocycles. The van der Waals surface area contributed by atoms with Crippen molar-refractivity contribution in [1.82, 2.24) is 15.1 Å². The van der Waals surface area contributed by atoms with E-state index in [-0.39, 0.29) is 5.60 Å². The van der Waals surface area contributed by atoms with E-state index in [1.165, 1.54) is 56.2 Å². The van der Waals surface area contributed by atoms with E-state index in [4.69, 9.17) is 4.74 Å². The van der Waals surface area contributed by atoms with Crippen molar-refractivity contribution in [2.24, 2.45) is 5.41 Å². The smallest absolute Gasteiger partial charge is 0.0689 e. The number of aromatic amines is 1. The summed E-state index contributed by atoms with van der Waals surface area (Å²) in [6.07, 6.45) is 10.6. The van der Waals surface area contributed by atoms with Gasteiger partial charge in [-0.25, -0.2) is 0 Å². The maximum Gasteiger partial charge on any atom is 0.0689 e. The Bertz CT molecular complexity index is 529. The fraction of sp³-hybridized carbons (Fsp3) is 0.850. The van der Waals surface area contributed by atoms with Crippen LogP contribution in [0.25, 0.3) is 0 Å². The summed E-state index contributed by atoms with van der Waals surface area (Å²) in [5.41, 5.74) is 3.29. The van der Waals surface area contributed by atoms with Gasteiger partial charge in [0.15, 0.2) is 0 Å². The summed E-state index contributed by atoms with van der Waals surface area (Å²) in [5, 5.41) is 7.67. The van der Waals surface area contributed by atoms with E-state index < -0.39 is 0 Å². The lowest BCUT2D eigenvalue weighted by atomic mass is 9.72. The summed E-state index contributed by atoms with van der Waals surface area (Å²) in [5.74, 6) is 0.625. The topological polar surface area (TPSA) is 41.2 Å². The van der Waals surface area contributed by atoms with Crippen molar-refractivity contribution in [2.45, 2.75) is 83.8 Å². The second kappa shape index (κ2) is 7.17. The number of aromatic nitrogens is 2. The van der Waals surface area contributed by atoms with E-state index in [0.29, 0.717) is 11.3 Å². The number of hydrogen-bond donors (Lipinski definition) is 1. The van der Waals surface area contributed by atoms with Crippen LogP contribution in [0.1, 0.15) is 82.9 Å². The monoisotopic (exact) mass is 333 g/mol. The summed E-state index contributed by atoms with van der Waals surface area (Å²) in [6.45, 7) is 10.0. The first-order chi connectivity index (χ1) is 11.4. The highest BCUT2D eigenvalue weighted by atomic mass is 16.5. The highest BCUT2D eigenvalue weighted by molar-refractivity contribution is 5.21. The highest BCUT2D eigenvalue weighted by Gasteiger charge is 2.46. The molecule has 0 bridgehead atoms. The van der Waals surface area contributed by atoms with Gasteiger partial charge in [0.2, 0.25) is 0 Å². The van der Waals surface area contributed by atoms with Gasteiger partial charge >= 0.3 is 0 Å². The number of hydrogen-bond acceptors (Lipinski definition) is 3. The summed E-state index contributed by atoms with van der Waals surface area (Å²) in [4.78, 5) is 2.42. The molecule has 1 aliphatic heterocycles. The van der Waals surface area contributed by atoms with Gasteiger partial charge < -0.3 is 9.64 Å². The van der Waals surface area contributed by atoms with Gasteiger partial charge in [-0.15, -0.1) is 0 Å². The maximum atomic E-state index is 6.27. The van der Waals surface area contributed by atoms with Gasteiger partial charge in [0.25, 0.3) is 0 Å². The zero-order chi connectivity index (χ0) is 17.2. The van der Waals surface area contributed by atoms with Gasteiger partial charge in [-0.2, -0.15) is 5.10 Å². The number of rotatable bonds is 6. The van der Waals surface area contributed by atoms with E-state index in [0.717, 1.165) is 19.7 Å². The Morgan fingerprint density at radius 2 is 2.08 bits per heavy atom. The van der Waals surface area contributed by atoms with Crippen molar-refractivity contribution in [1.29, 1.82) is 0 Å². The number of nitrogens with zero attached hydrogens (tertiary/aromatic N) is 2. The molecule has 1 saturated carbocycles. The quantitative estimate of drug-likeness (QED) is 0.834. The standard InChI is InChI=1S/C20H35N3O/c1-5-6-11-23(4)13-17-12-21-22-18(17)16-7-9-20(10-8-16)14-19(2,3)15-24-20/h12,16H,5-11,13-15H2,1-4H3,(H,21,22). The zero-order valence-corrected chi connectivity index (χ0v) is 16.0. The Kier molecular flexibility index (Phi) is 5.36. The summed E-state index contributed by atoms with van der Waals surface area (Å²) in [7, 11) is 2.22. The van der Waals surface area contributed by atoms with Crippen LogP contribution in [0.2, 0.25) is 0 Å². The molecule has 24 heavy (non-hydrogen) atoms. The Labute approximate surface area is 147 Å². The van der Waals surface area contributed by atoms with Crippen LogP contribution in [0.5, 0.6) is 0 Å². The molecule has 0 amide bonds. The second-order valence-electron chi connectivity index (χ2n) is 8.99. The molecular weight excluding hydrogens is 298 g/mol. The van der Waals surface area contributed by atoms with Crippen molar-refractivity contribution in [3.8, 4) is 0 Å². The van der Waals surface area contributed by atoms with Crippen molar-refractivity contribution < 1.29 is 4.74 Å².